The number of para-hydroxylation sites is 2. The molecule has 0 saturated heterocycles. The molecule has 22 heavy (non-hydrogen) atoms. The predicted molar refractivity (Wildman–Crippen MR) is 95.0 cm³/mol. The first kappa shape index (κ1) is 15.5. The van der Waals surface area contributed by atoms with E-state index in [1.54, 1.807) is 0 Å². The Bertz CT molecular complexity index is 621. The smallest absolute Gasteiger partial charge is 0.0801 e. The lowest BCUT2D eigenvalue weighted by Crippen LogP contribution is -2.17. The van der Waals surface area contributed by atoms with Crippen LogP contribution in [0.5, 0.6) is 0 Å². The van der Waals surface area contributed by atoms with Gasteiger partial charge in [-0.1, -0.05) is 48.2 Å². The van der Waals surface area contributed by atoms with E-state index >= 15 is 0 Å². The Morgan fingerprint density at radius 2 is 1.00 bits per heavy atom. The van der Waals surface area contributed by atoms with Gasteiger partial charge in [0.15, 0.2) is 0 Å². The van der Waals surface area contributed by atoms with Crippen LogP contribution in [0.15, 0.2) is 60.7 Å². The van der Waals surface area contributed by atoms with Crippen molar-refractivity contribution in [3.8, 4) is 23.7 Å². The van der Waals surface area contributed by atoms with Crippen LogP contribution < -0.4 is 9.80 Å². The lowest BCUT2D eigenvalue weighted by Gasteiger charge is -2.15. The number of rotatable bonds is 4. The molecule has 0 spiro atoms. The van der Waals surface area contributed by atoms with Crippen molar-refractivity contribution in [3.63, 3.8) is 0 Å². The zero-order valence-corrected chi connectivity index (χ0v) is 13.1. The van der Waals surface area contributed by atoms with Crippen LogP contribution in [0.3, 0.4) is 0 Å². The molecule has 0 aliphatic rings. The number of nitrogens with zero attached hydrogens (tertiary/aromatic N) is 2. The molecule has 2 aromatic carbocycles. The monoisotopic (exact) mass is 288 g/mol. The number of benzene rings is 2. The molecule has 0 radical (unpaired) electrons. The van der Waals surface area contributed by atoms with Gasteiger partial charge in [-0.3, -0.25) is 0 Å². The molecule has 0 aliphatic carbocycles. The first-order chi connectivity index (χ1) is 10.8. The first-order valence-corrected chi connectivity index (χ1v) is 7.25. The summed E-state index contributed by atoms with van der Waals surface area (Å²) in [6.45, 7) is 1.35. The van der Waals surface area contributed by atoms with Gasteiger partial charge in [0.2, 0.25) is 0 Å². The Hall–Kier alpha value is -2.84. The van der Waals surface area contributed by atoms with Crippen molar-refractivity contribution in [2.24, 2.45) is 0 Å². The van der Waals surface area contributed by atoms with Gasteiger partial charge in [0, 0.05) is 25.5 Å². The molecule has 0 heterocycles. The fourth-order valence-corrected chi connectivity index (χ4v) is 1.95. The summed E-state index contributed by atoms with van der Waals surface area (Å²) in [6, 6.07) is 20.4. The lowest BCUT2D eigenvalue weighted by molar-refractivity contribution is 1.05. The third kappa shape index (κ3) is 4.93. The van der Waals surface area contributed by atoms with Crippen molar-refractivity contribution >= 4 is 11.4 Å². The molecule has 0 fully saturated rings. The van der Waals surface area contributed by atoms with E-state index < -0.39 is 0 Å². The molecular weight excluding hydrogens is 268 g/mol. The van der Waals surface area contributed by atoms with Crippen molar-refractivity contribution in [2.75, 3.05) is 37.0 Å². The van der Waals surface area contributed by atoms with Crippen LogP contribution in [-0.2, 0) is 0 Å². The Labute approximate surface area is 133 Å². The van der Waals surface area contributed by atoms with Crippen LogP contribution in [0.4, 0.5) is 11.4 Å². The van der Waals surface area contributed by atoms with Gasteiger partial charge in [-0.2, -0.15) is 0 Å². The van der Waals surface area contributed by atoms with Crippen LogP contribution in [0, 0.1) is 23.7 Å². The lowest BCUT2D eigenvalue weighted by atomic mass is 10.3. The van der Waals surface area contributed by atoms with Crippen LogP contribution in [0.25, 0.3) is 0 Å². The minimum Gasteiger partial charge on any atom is -0.363 e. The molecule has 0 saturated carbocycles. The zero-order valence-electron chi connectivity index (χ0n) is 13.1. The molecule has 0 amide bonds. The molecule has 0 aliphatic heterocycles. The summed E-state index contributed by atoms with van der Waals surface area (Å²) in [6.07, 6.45) is 0. The average Bonchev–Trinajstić information content (AvgIpc) is 2.59. The van der Waals surface area contributed by atoms with Gasteiger partial charge in [0.05, 0.1) is 13.1 Å². The van der Waals surface area contributed by atoms with Gasteiger partial charge in [-0.25, -0.2) is 0 Å². The molecule has 2 nitrogen and oxygen atoms in total. The van der Waals surface area contributed by atoms with Gasteiger partial charge in [0.1, 0.15) is 0 Å². The maximum atomic E-state index is 3.08. The number of hydrogen-bond donors (Lipinski definition) is 0. The quantitative estimate of drug-likeness (QED) is 0.797. The highest BCUT2D eigenvalue weighted by atomic mass is 15.1. The molecule has 0 bridgehead atoms. The maximum Gasteiger partial charge on any atom is 0.0801 e. The normalized spacial score (nSPS) is 9.00. The van der Waals surface area contributed by atoms with Crippen molar-refractivity contribution in [1.82, 2.24) is 0 Å². The van der Waals surface area contributed by atoms with Crippen molar-refractivity contribution in [3.05, 3.63) is 60.7 Å². The Kier molecular flexibility index (Phi) is 5.97. The third-order valence-electron chi connectivity index (χ3n) is 3.27. The van der Waals surface area contributed by atoms with Gasteiger partial charge in [0.25, 0.3) is 0 Å². The van der Waals surface area contributed by atoms with Crippen LogP contribution >= 0.6 is 0 Å². The van der Waals surface area contributed by atoms with Crippen LogP contribution in [0.1, 0.15) is 0 Å². The van der Waals surface area contributed by atoms with Crippen molar-refractivity contribution in [1.29, 1.82) is 0 Å². The molecular formula is C20H20N2. The molecule has 0 unspecified atom stereocenters. The number of hydrogen-bond acceptors (Lipinski definition) is 2. The summed E-state index contributed by atoms with van der Waals surface area (Å²) in [5, 5.41) is 0. The standard InChI is InChI=1S/C20H20N2/c1-21(19-13-7-5-8-14-19)17-11-3-4-12-18-22(2)20-15-9-6-10-16-20/h5-10,13-16H,17-18H2,1-2H3. The Balaban J connectivity index is 1.80. The minimum atomic E-state index is 0.674. The second-order valence-corrected chi connectivity index (χ2v) is 4.99. The summed E-state index contributed by atoms with van der Waals surface area (Å²) >= 11 is 0. The molecule has 2 rings (SSSR count). The highest BCUT2D eigenvalue weighted by Crippen LogP contribution is 2.10. The van der Waals surface area contributed by atoms with E-state index in [1.807, 2.05) is 50.5 Å². The van der Waals surface area contributed by atoms with Gasteiger partial charge in [-0.15, -0.1) is 0 Å². The molecule has 0 aromatic heterocycles. The van der Waals surface area contributed by atoms with Gasteiger partial charge < -0.3 is 9.80 Å². The van der Waals surface area contributed by atoms with Crippen molar-refractivity contribution in [2.45, 2.75) is 0 Å². The molecule has 2 heteroatoms. The Morgan fingerprint density at radius 3 is 1.36 bits per heavy atom. The zero-order chi connectivity index (χ0) is 15.6. The molecule has 0 atom stereocenters. The third-order valence-corrected chi connectivity index (χ3v) is 3.27. The summed E-state index contributed by atoms with van der Waals surface area (Å²) < 4.78 is 0. The fourth-order valence-electron chi connectivity index (χ4n) is 1.95. The summed E-state index contributed by atoms with van der Waals surface area (Å²) in [4.78, 5) is 4.20. The van der Waals surface area contributed by atoms with E-state index in [9.17, 15) is 0 Å². The van der Waals surface area contributed by atoms with E-state index in [1.165, 1.54) is 0 Å². The summed E-state index contributed by atoms with van der Waals surface area (Å²) in [7, 11) is 4.06. The second-order valence-electron chi connectivity index (χ2n) is 4.99. The van der Waals surface area contributed by atoms with E-state index in [0.29, 0.717) is 13.1 Å². The SMILES string of the molecule is CN(CC#CC#CCN(C)c1ccccc1)c1ccccc1. The topological polar surface area (TPSA) is 6.48 Å². The average molecular weight is 288 g/mol. The maximum absolute atomic E-state index is 3.08. The number of anilines is 2. The largest absolute Gasteiger partial charge is 0.363 e. The first-order valence-electron chi connectivity index (χ1n) is 7.25. The minimum absolute atomic E-state index is 0.674. The molecule has 2 aromatic rings. The van der Waals surface area contributed by atoms with E-state index in [-0.39, 0.29) is 0 Å². The van der Waals surface area contributed by atoms with Crippen LogP contribution in [0.2, 0.25) is 0 Å². The highest BCUT2D eigenvalue weighted by Gasteiger charge is 1.96. The van der Waals surface area contributed by atoms with E-state index in [0.717, 1.165) is 11.4 Å². The van der Waals surface area contributed by atoms with E-state index in [4.69, 9.17) is 0 Å². The van der Waals surface area contributed by atoms with Gasteiger partial charge >= 0.3 is 0 Å². The van der Waals surface area contributed by atoms with Crippen LogP contribution in [-0.4, -0.2) is 27.2 Å². The second kappa shape index (κ2) is 8.45. The van der Waals surface area contributed by atoms with Gasteiger partial charge in [-0.05, 0) is 36.1 Å². The summed E-state index contributed by atoms with van der Waals surface area (Å²) in [5.74, 6) is 12.0. The predicted octanol–water partition coefficient (Wildman–Crippen LogP) is 3.27. The molecule has 0 N–H and O–H groups in total. The van der Waals surface area contributed by atoms with Crippen molar-refractivity contribution < 1.29 is 0 Å². The Morgan fingerprint density at radius 1 is 0.636 bits per heavy atom. The highest BCUT2D eigenvalue weighted by molar-refractivity contribution is 5.48. The fraction of sp³-hybridized carbons (Fsp3) is 0.200. The van der Waals surface area contributed by atoms with E-state index in [2.05, 4.69) is 57.7 Å². The summed E-state index contributed by atoms with van der Waals surface area (Å²) in [5.41, 5.74) is 2.32. The molecule has 110 valence electrons.